The van der Waals surface area contributed by atoms with E-state index in [-0.39, 0.29) is 0 Å². The maximum absolute atomic E-state index is 11.1. The van der Waals surface area contributed by atoms with Crippen molar-refractivity contribution in [2.75, 3.05) is 39.8 Å². The Morgan fingerprint density at radius 3 is 2.69 bits per heavy atom. The van der Waals surface area contributed by atoms with Crippen LogP contribution in [0, 0.1) is 0 Å². The fourth-order valence-corrected chi connectivity index (χ4v) is 4.47. The van der Waals surface area contributed by atoms with Gasteiger partial charge in [0.15, 0.2) is 0 Å². The first-order chi connectivity index (χ1) is 12.6. The van der Waals surface area contributed by atoms with Crippen LogP contribution in [0.2, 0.25) is 0 Å². The van der Waals surface area contributed by atoms with Gasteiger partial charge in [0.05, 0.1) is 18.4 Å². The largest absolute Gasteiger partial charge is 0.494 e. The molecule has 2 aliphatic rings. The van der Waals surface area contributed by atoms with E-state index in [0.29, 0.717) is 0 Å². The number of hydrogen-bond donors (Lipinski definition) is 1. The van der Waals surface area contributed by atoms with Gasteiger partial charge in [0, 0.05) is 25.0 Å². The highest BCUT2D eigenvalue weighted by Crippen LogP contribution is 2.27. The molecule has 2 saturated heterocycles. The van der Waals surface area contributed by atoms with Crippen molar-refractivity contribution in [2.24, 2.45) is 0 Å². The van der Waals surface area contributed by atoms with Crippen LogP contribution in [0.5, 0.6) is 5.75 Å². The Bertz CT molecular complexity index is 760. The second-order valence-electron chi connectivity index (χ2n) is 7.86. The number of pyridine rings is 1. The van der Waals surface area contributed by atoms with E-state index in [0.717, 1.165) is 74.5 Å². The third kappa shape index (κ3) is 3.85. The van der Waals surface area contributed by atoms with Gasteiger partial charge in [-0.15, -0.1) is 0 Å². The third-order valence-electron chi connectivity index (χ3n) is 5.70. The van der Waals surface area contributed by atoms with Crippen molar-refractivity contribution < 1.29 is 9.84 Å². The van der Waals surface area contributed by atoms with Crippen molar-refractivity contribution in [1.29, 1.82) is 0 Å². The van der Waals surface area contributed by atoms with Gasteiger partial charge in [0.25, 0.3) is 0 Å². The number of nitrogens with zero attached hydrogens (tertiary/aromatic N) is 3. The highest BCUT2D eigenvalue weighted by atomic mass is 16.5. The first-order valence-corrected chi connectivity index (χ1v) is 9.75. The summed E-state index contributed by atoms with van der Waals surface area (Å²) in [7, 11) is 1.69. The number of fused-ring (bicyclic) bond motifs is 1. The number of benzene rings is 1. The molecule has 0 unspecified atom stereocenters. The summed E-state index contributed by atoms with van der Waals surface area (Å²) in [5.74, 6) is 0.813. The summed E-state index contributed by atoms with van der Waals surface area (Å²) in [6, 6.07) is 10.2. The van der Waals surface area contributed by atoms with Crippen LogP contribution < -0.4 is 4.74 Å². The number of likely N-dealkylation sites (tertiary alicyclic amines) is 2. The Hall–Kier alpha value is -1.69. The first kappa shape index (κ1) is 17.7. The average Bonchev–Trinajstić information content (AvgIpc) is 3.13. The molecule has 3 heterocycles. The van der Waals surface area contributed by atoms with Crippen LogP contribution in [0.25, 0.3) is 10.9 Å². The van der Waals surface area contributed by atoms with Gasteiger partial charge in [-0.25, -0.2) is 4.98 Å². The molecule has 140 valence electrons. The van der Waals surface area contributed by atoms with Gasteiger partial charge in [0.2, 0.25) is 0 Å². The summed E-state index contributed by atoms with van der Waals surface area (Å²) in [5.41, 5.74) is 1.36. The minimum Gasteiger partial charge on any atom is -0.494 e. The van der Waals surface area contributed by atoms with E-state index in [2.05, 4.69) is 28.0 Å². The van der Waals surface area contributed by atoms with Crippen LogP contribution in [0.1, 0.15) is 31.4 Å². The zero-order valence-electron chi connectivity index (χ0n) is 15.7. The molecule has 1 atom stereocenters. The van der Waals surface area contributed by atoms with E-state index < -0.39 is 5.60 Å². The normalized spacial score (nSPS) is 25.0. The Morgan fingerprint density at radius 1 is 1.08 bits per heavy atom. The number of aliphatic hydroxyl groups is 1. The molecular weight excluding hydrogens is 326 g/mol. The molecule has 2 aromatic rings. The lowest BCUT2D eigenvalue weighted by Gasteiger charge is -2.41. The molecule has 1 aromatic heterocycles. The second kappa shape index (κ2) is 7.51. The van der Waals surface area contributed by atoms with Crippen molar-refractivity contribution in [1.82, 2.24) is 14.8 Å². The minimum atomic E-state index is -0.586. The van der Waals surface area contributed by atoms with Crippen LogP contribution in [0.4, 0.5) is 0 Å². The third-order valence-corrected chi connectivity index (χ3v) is 5.70. The topological polar surface area (TPSA) is 48.8 Å². The van der Waals surface area contributed by atoms with E-state index in [4.69, 9.17) is 9.72 Å². The van der Waals surface area contributed by atoms with Gasteiger partial charge < -0.3 is 14.7 Å². The standard InChI is InChI=1S/C21H29N3O2/c1-26-19-7-4-6-17-8-9-18(22-20(17)19)14-24-13-5-10-21(25,16-24)15-23-11-2-3-12-23/h4,6-9,25H,2-3,5,10-16H2,1H3/t21-/m0/s1. The SMILES string of the molecule is COc1cccc2ccc(CN3CCC[C@](O)(CN4CCCC4)C3)nc12. The predicted molar refractivity (Wildman–Crippen MR) is 103 cm³/mol. The number of methoxy groups -OCH3 is 1. The molecule has 0 aliphatic carbocycles. The van der Waals surface area contributed by atoms with Crippen molar-refractivity contribution in [3.05, 3.63) is 36.0 Å². The molecule has 5 heteroatoms. The number of ether oxygens (including phenoxy) is 1. The van der Waals surface area contributed by atoms with Gasteiger partial charge in [-0.1, -0.05) is 18.2 Å². The van der Waals surface area contributed by atoms with Gasteiger partial charge in [-0.05, 0) is 57.5 Å². The Balaban J connectivity index is 1.47. The highest BCUT2D eigenvalue weighted by molar-refractivity contribution is 5.84. The van der Waals surface area contributed by atoms with Crippen molar-refractivity contribution in [2.45, 2.75) is 37.8 Å². The van der Waals surface area contributed by atoms with Crippen LogP contribution in [0.15, 0.2) is 30.3 Å². The first-order valence-electron chi connectivity index (χ1n) is 9.75. The number of para-hydroxylation sites is 1. The summed E-state index contributed by atoms with van der Waals surface area (Å²) in [5, 5.41) is 12.2. The molecule has 1 aromatic carbocycles. The zero-order valence-corrected chi connectivity index (χ0v) is 15.7. The van der Waals surface area contributed by atoms with E-state index >= 15 is 0 Å². The van der Waals surface area contributed by atoms with Crippen molar-refractivity contribution in [3.8, 4) is 5.75 Å². The highest BCUT2D eigenvalue weighted by Gasteiger charge is 2.35. The van der Waals surface area contributed by atoms with Gasteiger partial charge in [0.1, 0.15) is 11.3 Å². The average molecular weight is 355 g/mol. The van der Waals surface area contributed by atoms with E-state index in [1.807, 2.05) is 12.1 Å². The molecule has 0 spiro atoms. The molecule has 0 bridgehead atoms. The molecule has 2 aliphatic heterocycles. The fraction of sp³-hybridized carbons (Fsp3) is 0.571. The lowest BCUT2D eigenvalue weighted by atomic mass is 9.92. The maximum atomic E-state index is 11.1. The zero-order chi connectivity index (χ0) is 18.0. The molecule has 4 rings (SSSR count). The Morgan fingerprint density at radius 2 is 1.88 bits per heavy atom. The van der Waals surface area contributed by atoms with Crippen LogP contribution >= 0.6 is 0 Å². The van der Waals surface area contributed by atoms with Gasteiger partial charge in [-0.2, -0.15) is 0 Å². The minimum absolute atomic E-state index is 0.586. The quantitative estimate of drug-likeness (QED) is 0.894. The molecule has 0 radical (unpaired) electrons. The van der Waals surface area contributed by atoms with Gasteiger partial charge >= 0.3 is 0 Å². The molecule has 0 saturated carbocycles. The van der Waals surface area contributed by atoms with Crippen LogP contribution in [-0.2, 0) is 6.54 Å². The van der Waals surface area contributed by atoms with Crippen molar-refractivity contribution >= 4 is 10.9 Å². The summed E-state index contributed by atoms with van der Waals surface area (Å²) < 4.78 is 5.46. The lowest BCUT2D eigenvalue weighted by Crippen LogP contribution is -2.53. The summed E-state index contributed by atoms with van der Waals surface area (Å²) in [6.45, 7) is 5.60. The van der Waals surface area contributed by atoms with Gasteiger partial charge in [-0.3, -0.25) is 4.90 Å². The molecule has 5 nitrogen and oxygen atoms in total. The molecule has 0 amide bonds. The number of hydrogen-bond acceptors (Lipinski definition) is 5. The summed E-state index contributed by atoms with van der Waals surface area (Å²) in [4.78, 5) is 9.60. The Kier molecular flexibility index (Phi) is 5.11. The fourth-order valence-electron chi connectivity index (χ4n) is 4.47. The monoisotopic (exact) mass is 355 g/mol. The van der Waals surface area contributed by atoms with E-state index in [9.17, 15) is 5.11 Å². The van der Waals surface area contributed by atoms with E-state index in [1.54, 1.807) is 7.11 Å². The van der Waals surface area contributed by atoms with E-state index in [1.165, 1.54) is 12.8 Å². The lowest BCUT2D eigenvalue weighted by molar-refractivity contribution is -0.0521. The predicted octanol–water partition coefficient (Wildman–Crippen LogP) is 2.67. The van der Waals surface area contributed by atoms with Crippen LogP contribution in [-0.4, -0.2) is 65.3 Å². The Labute approximate surface area is 155 Å². The summed E-state index contributed by atoms with van der Waals surface area (Å²) >= 11 is 0. The smallest absolute Gasteiger partial charge is 0.145 e. The second-order valence-corrected chi connectivity index (χ2v) is 7.86. The number of aromatic nitrogens is 1. The summed E-state index contributed by atoms with van der Waals surface area (Å²) in [6.07, 6.45) is 4.48. The maximum Gasteiger partial charge on any atom is 0.145 e. The number of piperidine rings is 1. The molecule has 26 heavy (non-hydrogen) atoms. The number of rotatable bonds is 5. The molecule has 2 fully saturated rings. The van der Waals surface area contributed by atoms with Crippen molar-refractivity contribution in [3.63, 3.8) is 0 Å². The molecular formula is C21H29N3O2. The number of β-amino-alcohol motifs (C(OH)–C–C–N with tert-alkyl or cyclic N) is 1. The molecule has 1 N–H and O–H groups in total. The van der Waals surface area contributed by atoms with Crippen LogP contribution in [0.3, 0.4) is 0 Å².